The largest absolute Gasteiger partial charge is 0.508 e. The lowest BCUT2D eigenvalue weighted by Gasteiger charge is -2.23. The predicted octanol–water partition coefficient (Wildman–Crippen LogP) is 3.11. The molecule has 124 valence electrons. The third-order valence-corrected chi connectivity index (χ3v) is 3.38. The van der Waals surface area contributed by atoms with Crippen molar-refractivity contribution in [3.05, 3.63) is 78.0 Å². The number of hydrogen-bond donors (Lipinski definition) is 1. The zero-order valence-corrected chi connectivity index (χ0v) is 13.4. The summed E-state index contributed by atoms with van der Waals surface area (Å²) in [6.07, 6.45) is 0. The number of amides is 1. The number of phenolic OH excluding ortho intramolecular Hbond substituents is 1. The number of carbonyl (C=O) groups excluding carboxylic acids is 2. The Morgan fingerprint density at radius 1 is 1.08 bits per heavy atom. The van der Waals surface area contributed by atoms with E-state index in [9.17, 15) is 14.7 Å². The number of aromatic hydroxyl groups is 1. The quantitative estimate of drug-likeness (QED) is 0.654. The van der Waals surface area contributed by atoms with Gasteiger partial charge in [-0.1, -0.05) is 36.9 Å². The van der Waals surface area contributed by atoms with E-state index < -0.39 is 11.9 Å². The van der Waals surface area contributed by atoms with E-state index in [0.717, 1.165) is 5.56 Å². The molecule has 0 radical (unpaired) electrons. The van der Waals surface area contributed by atoms with Crippen molar-refractivity contribution in [2.75, 3.05) is 6.61 Å². The predicted molar refractivity (Wildman–Crippen MR) is 90.2 cm³/mol. The van der Waals surface area contributed by atoms with Crippen molar-refractivity contribution < 1.29 is 19.4 Å². The molecule has 0 unspecified atom stereocenters. The number of esters is 1. The highest BCUT2D eigenvalue weighted by Crippen LogP contribution is 2.18. The average molecular weight is 325 g/mol. The summed E-state index contributed by atoms with van der Waals surface area (Å²) in [6.45, 7) is 5.80. The first-order chi connectivity index (χ1) is 11.5. The minimum Gasteiger partial charge on any atom is -0.508 e. The van der Waals surface area contributed by atoms with E-state index >= 15 is 0 Å². The van der Waals surface area contributed by atoms with Crippen molar-refractivity contribution in [2.24, 2.45) is 0 Å². The van der Waals surface area contributed by atoms with Gasteiger partial charge < -0.3 is 9.84 Å². The Balaban J connectivity index is 2.30. The molecule has 0 heterocycles. The maximum atomic E-state index is 12.8. The zero-order chi connectivity index (χ0) is 17.5. The Morgan fingerprint density at radius 3 is 2.29 bits per heavy atom. The van der Waals surface area contributed by atoms with E-state index in [1.807, 2.05) is 30.3 Å². The monoisotopic (exact) mass is 325 g/mol. The lowest BCUT2D eigenvalue weighted by atomic mass is 10.1. The molecule has 1 amide bonds. The van der Waals surface area contributed by atoms with Crippen LogP contribution in [0, 0.1) is 0 Å². The van der Waals surface area contributed by atoms with Crippen molar-refractivity contribution in [1.82, 2.24) is 4.90 Å². The molecule has 2 aromatic carbocycles. The summed E-state index contributed by atoms with van der Waals surface area (Å²) in [7, 11) is 0. The molecule has 0 fully saturated rings. The number of rotatable bonds is 6. The van der Waals surface area contributed by atoms with Crippen molar-refractivity contribution >= 4 is 11.9 Å². The van der Waals surface area contributed by atoms with Crippen LogP contribution in [0.15, 0.2) is 66.9 Å². The topological polar surface area (TPSA) is 66.8 Å². The Kier molecular flexibility index (Phi) is 5.73. The minimum absolute atomic E-state index is 0.0289. The van der Waals surface area contributed by atoms with Gasteiger partial charge in [-0.3, -0.25) is 9.69 Å². The highest BCUT2D eigenvalue weighted by Gasteiger charge is 2.24. The van der Waals surface area contributed by atoms with Gasteiger partial charge in [-0.15, -0.1) is 0 Å². The van der Waals surface area contributed by atoms with Crippen LogP contribution in [0.1, 0.15) is 22.8 Å². The van der Waals surface area contributed by atoms with E-state index in [2.05, 4.69) is 6.58 Å². The molecule has 0 bridgehead atoms. The molecule has 0 aliphatic heterocycles. The van der Waals surface area contributed by atoms with E-state index in [4.69, 9.17) is 4.74 Å². The smallest absolute Gasteiger partial charge is 0.354 e. The van der Waals surface area contributed by atoms with Gasteiger partial charge in [-0.25, -0.2) is 4.79 Å². The molecule has 0 saturated heterocycles. The second-order valence-corrected chi connectivity index (χ2v) is 5.09. The molecule has 24 heavy (non-hydrogen) atoms. The van der Waals surface area contributed by atoms with Gasteiger partial charge in [0, 0.05) is 5.56 Å². The minimum atomic E-state index is -0.638. The lowest BCUT2D eigenvalue weighted by Crippen LogP contribution is -2.33. The fourth-order valence-corrected chi connectivity index (χ4v) is 2.14. The Bertz CT molecular complexity index is 723. The van der Waals surface area contributed by atoms with Gasteiger partial charge in [0.25, 0.3) is 5.91 Å². The maximum absolute atomic E-state index is 12.8. The molecular formula is C19H19NO4. The normalized spacial score (nSPS) is 10.0. The number of carbonyl (C=O) groups is 2. The average Bonchev–Trinajstić information content (AvgIpc) is 2.60. The SMILES string of the molecule is C=C(C(=O)OCC)N(Cc1ccccc1)C(=O)c1ccc(O)cc1. The van der Waals surface area contributed by atoms with Crippen LogP contribution in [0.5, 0.6) is 5.75 Å². The fraction of sp³-hybridized carbons (Fsp3) is 0.158. The summed E-state index contributed by atoms with van der Waals surface area (Å²) in [5.74, 6) is -0.970. The molecule has 0 aliphatic carbocycles. The van der Waals surface area contributed by atoms with E-state index in [1.54, 1.807) is 6.92 Å². The molecule has 0 saturated carbocycles. The fourth-order valence-electron chi connectivity index (χ4n) is 2.14. The van der Waals surface area contributed by atoms with Crippen molar-refractivity contribution in [3.8, 4) is 5.75 Å². The maximum Gasteiger partial charge on any atom is 0.354 e. The van der Waals surface area contributed by atoms with Gasteiger partial charge in [0.2, 0.25) is 0 Å². The van der Waals surface area contributed by atoms with E-state index in [-0.39, 0.29) is 24.6 Å². The number of hydrogen-bond acceptors (Lipinski definition) is 4. The van der Waals surface area contributed by atoms with Crippen molar-refractivity contribution in [2.45, 2.75) is 13.5 Å². The second-order valence-electron chi connectivity index (χ2n) is 5.09. The summed E-state index contributed by atoms with van der Waals surface area (Å²) >= 11 is 0. The van der Waals surface area contributed by atoms with Gasteiger partial charge in [-0.05, 0) is 36.8 Å². The summed E-state index contributed by atoms with van der Waals surface area (Å²) in [5.41, 5.74) is 1.17. The number of ether oxygens (including phenoxy) is 1. The van der Waals surface area contributed by atoms with Crippen LogP contribution in [0.3, 0.4) is 0 Å². The Hall–Kier alpha value is -3.08. The van der Waals surface area contributed by atoms with Crippen molar-refractivity contribution in [3.63, 3.8) is 0 Å². The summed E-state index contributed by atoms with van der Waals surface area (Å²) in [4.78, 5) is 26.1. The standard InChI is InChI=1S/C19H19NO4/c1-3-24-19(23)14(2)20(13-15-7-5-4-6-8-15)18(22)16-9-11-17(21)12-10-16/h4-12,21H,2-3,13H2,1H3. The van der Waals surface area contributed by atoms with Crippen LogP contribution in [0.4, 0.5) is 0 Å². The molecule has 0 atom stereocenters. The molecule has 0 spiro atoms. The molecule has 2 aromatic rings. The number of benzene rings is 2. The molecule has 0 aromatic heterocycles. The number of nitrogens with zero attached hydrogens (tertiary/aromatic N) is 1. The van der Waals surface area contributed by atoms with Gasteiger partial charge >= 0.3 is 5.97 Å². The molecule has 5 heteroatoms. The molecule has 1 N–H and O–H groups in total. The van der Waals surface area contributed by atoms with Gasteiger partial charge in [-0.2, -0.15) is 0 Å². The van der Waals surface area contributed by atoms with Crippen LogP contribution < -0.4 is 0 Å². The third-order valence-electron chi connectivity index (χ3n) is 3.38. The summed E-state index contributed by atoms with van der Waals surface area (Å²) in [6, 6.07) is 15.1. The van der Waals surface area contributed by atoms with Crippen LogP contribution in [0.2, 0.25) is 0 Å². The van der Waals surface area contributed by atoms with Gasteiger partial charge in [0.1, 0.15) is 11.4 Å². The van der Waals surface area contributed by atoms with Crippen LogP contribution in [0.25, 0.3) is 0 Å². The van der Waals surface area contributed by atoms with E-state index in [0.29, 0.717) is 5.56 Å². The molecule has 0 aliphatic rings. The summed E-state index contributed by atoms with van der Waals surface area (Å²) < 4.78 is 4.96. The number of phenols is 1. The first-order valence-electron chi connectivity index (χ1n) is 7.53. The van der Waals surface area contributed by atoms with Gasteiger partial charge in [0.15, 0.2) is 0 Å². The third kappa shape index (κ3) is 4.23. The highest BCUT2D eigenvalue weighted by molar-refractivity contribution is 6.00. The zero-order valence-electron chi connectivity index (χ0n) is 13.4. The highest BCUT2D eigenvalue weighted by atomic mass is 16.5. The van der Waals surface area contributed by atoms with Crippen LogP contribution >= 0.6 is 0 Å². The van der Waals surface area contributed by atoms with Gasteiger partial charge in [0.05, 0.1) is 13.2 Å². The molecule has 5 nitrogen and oxygen atoms in total. The molecular weight excluding hydrogens is 306 g/mol. The van der Waals surface area contributed by atoms with Crippen LogP contribution in [-0.2, 0) is 16.1 Å². The van der Waals surface area contributed by atoms with Crippen LogP contribution in [-0.4, -0.2) is 28.5 Å². The summed E-state index contributed by atoms with van der Waals surface area (Å²) in [5, 5.41) is 9.36. The lowest BCUT2D eigenvalue weighted by molar-refractivity contribution is -0.140. The first-order valence-corrected chi connectivity index (χ1v) is 7.53. The Morgan fingerprint density at radius 2 is 1.71 bits per heavy atom. The van der Waals surface area contributed by atoms with E-state index in [1.165, 1.54) is 29.2 Å². The van der Waals surface area contributed by atoms with Crippen molar-refractivity contribution in [1.29, 1.82) is 0 Å². The Labute approximate surface area is 140 Å². The second kappa shape index (κ2) is 7.97. The first kappa shape index (κ1) is 17.3. The molecule has 2 rings (SSSR count).